The summed E-state index contributed by atoms with van der Waals surface area (Å²) in [7, 11) is 0. The molecule has 0 amide bonds. The molecule has 0 spiro atoms. The molecule has 0 aliphatic heterocycles. The maximum atomic E-state index is 5.98. The smallest absolute Gasteiger partial charge is 0.158 e. The maximum Gasteiger partial charge on any atom is 0.158 e. The second-order valence-electron chi connectivity index (χ2n) is 9.30. The van der Waals surface area contributed by atoms with Gasteiger partial charge < -0.3 is 8.98 Å². The molecular weight excluding hydrogens is 454 g/mol. The lowest BCUT2D eigenvalue weighted by molar-refractivity contribution is 0.618. The van der Waals surface area contributed by atoms with E-state index in [9.17, 15) is 0 Å². The highest BCUT2D eigenvalue weighted by molar-refractivity contribution is 6.17. The van der Waals surface area contributed by atoms with Gasteiger partial charge >= 0.3 is 0 Å². The average Bonchev–Trinajstić information content (AvgIpc) is 3.67. The van der Waals surface area contributed by atoms with Crippen LogP contribution in [0, 0.1) is 0 Å². The Labute approximate surface area is 212 Å². The van der Waals surface area contributed by atoms with Crippen LogP contribution in [0.4, 0.5) is 0 Å². The van der Waals surface area contributed by atoms with Crippen LogP contribution in [0.3, 0.4) is 0 Å². The topological polar surface area (TPSA) is 35.9 Å². The summed E-state index contributed by atoms with van der Waals surface area (Å²) in [5.41, 5.74) is 8.47. The van der Waals surface area contributed by atoms with Crippen LogP contribution in [0.5, 0.6) is 0 Å². The molecule has 0 unspecified atom stereocenters. The van der Waals surface area contributed by atoms with Crippen molar-refractivity contribution in [2.75, 3.05) is 0 Å². The van der Waals surface area contributed by atoms with Gasteiger partial charge in [0.25, 0.3) is 0 Å². The van der Waals surface area contributed by atoms with Crippen LogP contribution in [-0.4, -0.2) is 14.1 Å². The second-order valence-corrected chi connectivity index (χ2v) is 9.30. The first kappa shape index (κ1) is 20.1. The molecule has 8 rings (SSSR count). The van der Waals surface area contributed by atoms with Crippen molar-refractivity contribution in [3.63, 3.8) is 0 Å². The van der Waals surface area contributed by atoms with E-state index in [1.807, 2.05) is 18.2 Å². The zero-order valence-electron chi connectivity index (χ0n) is 19.9. The molecule has 3 aromatic heterocycles. The second kappa shape index (κ2) is 7.70. The lowest BCUT2D eigenvalue weighted by atomic mass is 10.1. The number of hydrogen-bond acceptors (Lipinski definition) is 2. The van der Waals surface area contributed by atoms with Crippen molar-refractivity contribution in [1.29, 1.82) is 0 Å². The van der Waals surface area contributed by atoms with E-state index in [2.05, 4.69) is 112 Å². The molecule has 0 radical (unpaired) electrons. The normalized spacial score (nSPS) is 11.8. The van der Waals surface area contributed by atoms with Crippen molar-refractivity contribution in [2.24, 2.45) is 0 Å². The molecule has 5 aromatic carbocycles. The SMILES string of the molecule is c1ccc(-n2c(-c3ccc(-n4c5ccccc5c5ccc6ccoc6c54)cc3)nc3ccccc32)cc1. The van der Waals surface area contributed by atoms with Crippen LogP contribution in [0.15, 0.2) is 132 Å². The van der Waals surface area contributed by atoms with Gasteiger partial charge in [0.2, 0.25) is 0 Å². The van der Waals surface area contributed by atoms with Gasteiger partial charge in [-0.3, -0.25) is 4.57 Å². The molecule has 0 saturated heterocycles. The molecule has 0 aliphatic carbocycles. The highest BCUT2D eigenvalue weighted by Gasteiger charge is 2.18. The van der Waals surface area contributed by atoms with Gasteiger partial charge in [-0.2, -0.15) is 0 Å². The third kappa shape index (κ3) is 2.93. The Morgan fingerprint density at radius 1 is 0.541 bits per heavy atom. The largest absolute Gasteiger partial charge is 0.462 e. The van der Waals surface area contributed by atoms with Crippen molar-refractivity contribution in [1.82, 2.24) is 14.1 Å². The number of aromatic nitrogens is 3. The van der Waals surface area contributed by atoms with Crippen LogP contribution >= 0.6 is 0 Å². The molecule has 37 heavy (non-hydrogen) atoms. The lowest BCUT2D eigenvalue weighted by Crippen LogP contribution is -1.98. The highest BCUT2D eigenvalue weighted by atomic mass is 16.3. The highest BCUT2D eigenvalue weighted by Crippen LogP contribution is 2.37. The minimum absolute atomic E-state index is 0.906. The van der Waals surface area contributed by atoms with Gasteiger partial charge in [-0.25, -0.2) is 4.98 Å². The van der Waals surface area contributed by atoms with Crippen molar-refractivity contribution >= 4 is 43.8 Å². The molecular formula is C33H21N3O. The third-order valence-corrected chi connectivity index (χ3v) is 7.21. The fourth-order valence-corrected chi connectivity index (χ4v) is 5.56. The maximum absolute atomic E-state index is 5.98. The molecule has 8 aromatic rings. The first-order valence-electron chi connectivity index (χ1n) is 12.4. The number of hydrogen-bond donors (Lipinski definition) is 0. The van der Waals surface area contributed by atoms with Crippen molar-refractivity contribution in [3.05, 3.63) is 128 Å². The first-order chi connectivity index (χ1) is 18.4. The summed E-state index contributed by atoms with van der Waals surface area (Å²) in [4.78, 5) is 5.03. The summed E-state index contributed by atoms with van der Waals surface area (Å²) in [6, 6.07) is 42.3. The zero-order chi connectivity index (χ0) is 24.3. The third-order valence-electron chi connectivity index (χ3n) is 7.21. The molecule has 174 valence electrons. The van der Waals surface area contributed by atoms with Crippen molar-refractivity contribution < 1.29 is 4.42 Å². The minimum Gasteiger partial charge on any atom is -0.462 e. The Morgan fingerprint density at radius 2 is 1.27 bits per heavy atom. The van der Waals surface area contributed by atoms with Crippen LogP contribution in [0.2, 0.25) is 0 Å². The van der Waals surface area contributed by atoms with Crippen molar-refractivity contribution in [3.8, 4) is 22.8 Å². The minimum atomic E-state index is 0.906. The van der Waals surface area contributed by atoms with E-state index in [0.29, 0.717) is 0 Å². The van der Waals surface area contributed by atoms with Gasteiger partial charge in [0.15, 0.2) is 5.58 Å². The van der Waals surface area contributed by atoms with E-state index in [-0.39, 0.29) is 0 Å². The predicted octanol–water partition coefficient (Wildman–Crippen LogP) is 8.54. The van der Waals surface area contributed by atoms with Crippen LogP contribution < -0.4 is 0 Å². The Hall–Kier alpha value is -5.09. The number of nitrogens with zero attached hydrogens (tertiary/aromatic N) is 3. The van der Waals surface area contributed by atoms with Gasteiger partial charge in [0.1, 0.15) is 5.82 Å². The molecule has 3 heterocycles. The van der Waals surface area contributed by atoms with E-state index in [4.69, 9.17) is 9.40 Å². The lowest BCUT2D eigenvalue weighted by Gasteiger charge is -2.11. The Balaban J connectivity index is 1.36. The molecule has 0 saturated carbocycles. The van der Waals surface area contributed by atoms with Crippen LogP contribution in [0.25, 0.3) is 66.6 Å². The Morgan fingerprint density at radius 3 is 2.14 bits per heavy atom. The number of rotatable bonds is 3. The number of benzene rings is 5. The molecule has 0 N–H and O–H groups in total. The van der Waals surface area contributed by atoms with Gasteiger partial charge in [-0.05, 0) is 60.7 Å². The standard InChI is InChI=1S/C33H21N3O/c1-2-8-24(9-3-1)36-30-13-7-5-11-28(30)34-33(36)23-14-17-25(18-15-23)35-29-12-6-4-10-26(29)27-19-16-22-20-21-37-32(22)31(27)35/h1-21H. The van der Waals surface area contributed by atoms with E-state index in [1.54, 1.807) is 6.26 Å². The number of furan rings is 1. The fourth-order valence-electron chi connectivity index (χ4n) is 5.56. The van der Waals surface area contributed by atoms with Gasteiger partial charge in [0, 0.05) is 33.1 Å². The number of para-hydroxylation sites is 4. The summed E-state index contributed by atoms with van der Waals surface area (Å²) in [5, 5.41) is 3.50. The molecule has 0 bridgehead atoms. The molecule has 4 heteroatoms. The molecule has 0 atom stereocenters. The zero-order valence-corrected chi connectivity index (χ0v) is 19.9. The Bertz CT molecular complexity index is 2080. The number of imidazole rings is 1. The van der Waals surface area contributed by atoms with Crippen LogP contribution in [0.1, 0.15) is 0 Å². The first-order valence-corrected chi connectivity index (χ1v) is 12.4. The summed E-state index contributed by atoms with van der Waals surface area (Å²) in [6.07, 6.45) is 1.77. The van der Waals surface area contributed by atoms with Gasteiger partial charge in [0.05, 0.1) is 28.3 Å². The predicted molar refractivity (Wildman–Crippen MR) is 151 cm³/mol. The monoisotopic (exact) mass is 475 g/mol. The van der Waals surface area contributed by atoms with Gasteiger partial charge in [-0.15, -0.1) is 0 Å². The summed E-state index contributed by atoms with van der Waals surface area (Å²) in [5.74, 6) is 0.926. The summed E-state index contributed by atoms with van der Waals surface area (Å²) < 4.78 is 10.5. The van der Waals surface area contributed by atoms with Crippen LogP contribution in [-0.2, 0) is 0 Å². The van der Waals surface area contributed by atoms with E-state index < -0.39 is 0 Å². The molecule has 0 aliphatic rings. The van der Waals surface area contributed by atoms with E-state index in [0.717, 1.165) is 55.8 Å². The summed E-state index contributed by atoms with van der Waals surface area (Å²) >= 11 is 0. The quantitative estimate of drug-likeness (QED) is 0.257. The summed E-state index contributed by atoms with van der Waals surface area (Å²) in [6.45, 7) is 0. The number of fused-ring (bicyclic) bond motifs is 6. The van der Waals surface area contributed by atoms with E-state index >= 15 is 0 Å². The van der Waals surface area contributed by atoms with Crippen molar-refractivity contribution in [2.45, 2.75) is 0 Å². The average molecular weight is 476 g/mol. The van der Waals surface area contributed by atoms with E-state index in [1.165, 1.54) is 10.8 Å². The Kier molecular flexibility index (Phi) is 4.19. The van der Waals surface area contributed by atoms with Gasteiger partial charge in [-0.1, -0.05) is 60.7 Å². The molecule has 4 nitrogen and oxygen atoms in total. The fraction of sp³-hybridized carbons (Fsp3) is 0. The molecule has 0 fully saturated rings.